The molecule has 0 aliphatic carbocycles. The fraction of sp³-hybridized carbons (Fsp3) is 0.0476. The smallest absolute Gasteiger partial charge is 0.241 e. The molecule has 0 saturated heterocycles. The van der Waals surface area contributed by atoms with Gasteiger partial charge in [0.1, 0.15) is 16.4 Å². The molecule has 7 nitrogen and oxygen atoms in total. The van der Waals surface area contributed by atoms with E-state index >= 15 is 0 Å². The van der Waals surface area contributed by atoms with Crippen molar-refractivity contribution < 1.29 is 17.9 Å². The number of rotatable bonds is 6. The Hall–Kier alpha value is -3.09. The van der Waals surface area contributed by atoms with Crippen LogP contribution < -0.4 is 15.2 Å². The molecule has 0 fully saturated rings. The Labute approximate surface area is 189 Å². The monoisotopic (exact) mass is 475 g/mol. The first-order valence-electron chi connectivity index (χ1n) is 8.74. The summed E-state index contributed by atoms with van der Waals surface area (Å²) in [5, 5.41) is 17.7. The molecule has 0 aromatic heterocycles. The number of nitriles is 1. The summed E-state index contributed by atoms with van der Waals surface area (Å²) in [4.78, 5) is 12.0. The molecule has 0 radical (unpaired) electrons. The van der Waals surface area contributed by atoms with E-state index in [0.29, 0.717) is 10.6 Å². The summed E-state index contributed by atoms with van der Waals surface area (Å²) >= 11 is 12.0. The lowest BCUT2D eigenvalue weighted by molar-refractivity contribution is -0.115. The molecule has 0 aliphatic rings. The van der Waals surface area contributed by atoms with Gasteiger partial charge in [-0.3, -0.25) is 4.79 Å². The van der Waals surface area contributed by atoms with Crippen molar-refractivity contribution in [3.05, 3.63) is 81.8 Å². The zero-order valence-corrected chi connectivity index (χ0v) is 18.1. The number of halogens is 2. The van der Waals surface area contributed by atoms with E-state index in [1.54, 1.807) is 24.3 Å². The van der Waals surface area contributed by atoms with Crippen LogP contribution in [0.3, 0.4) is 0 Å². The van der Waals surface area contributed by atoms with Gasteiger partial charge in [-0.15, -0.1) is 0 Å². The number of sulfonamides is 1. The van der Waals surface area contributed by atoms with Gasteiger partial charge < -0.3 is 10.1 Å². The third-order valence-electron chi connectivity index (χ3n) is 4.07. The molecule has 3 aromatic carbocycles. The number of benzene rings is 3. The van der Waals surface area contributed by atoms with E-state index in [1.807, 2.05) is 6.07 Å². The minimum absolute atomic E-state index is 0.00207. The van der Waals surface area contributed by atoms with Crippen molar-refractivity contribution >= 4 is 44.8 Å². The molecule has 0 heterocycles. The number of primary sulfonamides is 1. The first kappa shape index (κ1) is 22.6. The zero-order valence-electron chi connectivity index (χ0n) is 15.8. The Morgan fingerprint density at radius 1 is 1.10 bits per heavy atom. The third kappa shape index (κ3) is 5.96. The van der Waals surface area contributed by atoms with Crippen LogP contribution >= 0.6 is 23.2 Å². The number of nitrogens with zero attached hydrogens (tertiary/aromatic N) is 1. The summed E-state index contributed by atoms with van der Waals surface area (Å²) < 4.78 is 29.8. The fourth-order valence-corrected chi connectivity index (χ4v) is 3.83. The molecular formula is C21H15Cl2N3O4S. The number of nitrogens with two attached hydrogens (primary N) is 1. The van der Waals surface area contributed by atoms with Gasteiger partial charge in [-0.05, 0) is 48.0 Å². The van der Waals surface area contributed by atoms with Gasteiger partial charge in [0.05, 0.1) is 18.1 Å². The molecule has 0 bridgehead atoms. The van der Waals surface area contributed by atoms with Crippen molar-refractivity contribution in [2.75, 3.05) is 5.32 Å². The topological polar surface area (TPSA) is 122 Å². The minimum Gasteiger partial charge on any atom is -0.456 e. The van der Waals surface area contributed by atoms with Crippen LogP contribution in [0.2, 0.25) is 10.0 Å². The molecular weight excluding hydrogens is 461 g/mol. The van der Waals surface area contributed by atoms with E-state index in [-0.39, 0.29) is 39.1 Å². The number of anilines is 1. The molecule has 31 heavy (non-hydrogen) atoms. The maximum absolute atomic E-state index is 12.4. The summed E-state index contributed by atoms with van der Waals surface area (Å²) in [7, 11) is -4.20. The van der Waals surface area contributed by atoms with Crippen LogP contribution in [-0.2, 0) is 21.2 Å². The van der Waals surface area contributed by atoms with Crippen LogP contribution in [0.5, 0.6) is 11.5 Å². The summed E-state index contributed by atoms with van der Waals surface area (Å²) in [5.41, 5.74) is 1.07. The number of ether oxygens (including phenoxy) is 1. The lowest BCUT2D eigenvalue weighted by Crippen LogP contribution is -2.17. The SMILES string of the molecule is N#Cc1cc(Cl)cc(Oc2ccc(NC(=O)Cc3ccccc3Cl)cc2S(N)(=O)=O)c1. The van der Waals surface area contributed by atoms with Gasteiger partial charge in [0.15, 0.2) is 0 Å². The number of carbonyl (C=O) groups is 1. The molecule has 0 unspecified atom stereocenters. The second-order valence-electron chi connectivity index (χ2n) is 6.41. The van der Waals surface area contributed by atoms with Gasteiger partial charge in [-0.2, -0.15) is 5.26 Å². The maximum atomic E-state index is 12.4. The summed E-state index contributed by atoms with van der Waals surface area (Å²) in [6, 6.07) is 17.1. The summed E-state index contributed by atoms with van der Waals surface area (Å²) in [6.45, 7) is 0. The average Bonchev–Trinajstić information content (AvgIpc) is 2.69. The van der Waals surface area contributed by atoms with E-state index in [0.717, 1.165) is 0 Å². The third-order valence-corrected chi connectivity index (χ3v) is 5.59. The average molecular weight is 476 g/mol. The van der Waals surface area contributed by atoms with Gasteiger partial charge in [-0.25, -0.2) is 13.6 Å². The van der Waals surface area contributed by atoms with Crippen molar-refractivity contribution in [2.24, 2.45) is 5.14 Å². The quantitative estimate of drug-likeness (QED) is 0.543. The van der Waals surface area contributed by atoms with Crippen LogP contribution in [0, 0.1) is 11.3 Å². The van der Waals surface area contributed by atoms with Gasteiger partial charge in [0, 0.05) is 15.7 Å². The Bertz CT molecular complexity index is 1300. The van der Waals surface area contributed by atoms with Crippen LogP contribution in [0.1, 0.15) is 11.1 Å². The molecule has 3 aromatic rings. The molecule has 3 rings (SSSR count). The predicted octanol–water partition coefficient (Wildman–Crippen LogP) is 4.49. The van der Waals surface area contributed by atoms with Gasteiger partial charge in [-0.1, -0.05) is 41.4 Å². The van der Waals surface area contributed by atoms with Crippen LogP contribution in [-0.4, -0.2) is 14.3 Å². The van der Waals surface area contributed by atoms with Crippen LogP contribution in [0.25, 0.3) is 0 Å². The summed E-state index contributed by atoms with van der Waals surface area (Å²) in [5.74, 6) is -0.321. The first-order chi connectivity index (χ1) is 14.7. The number of hydrogen-bond donors (Lipinski definition) is 2. The van der Waals surface area contributed by atoms with Crippen LogP contribution in [0.15, 0.2) is 65.6 Å². The van der Waals surface area contributed by atoms with Crippen molar-refractivity contribution in [3.63, 3.8) is 0 Å². The van der Waals surface area contributed by atoms with Gasteiger partial charge in [0.2, 0.25) is 15.9 Å². The number of hydrogen-bond acceptors (Lipinski definition) is 5. The second-order valence-corrected chi connectivity index (χ2v) is 8.79. The van der Waals surface area contributed by atoms with Gasteiger partial charge in [0.25, 0.3) is 0 Å². The van der Waals surface area contributed by atoms with E-state index in [1.165, 1.54) is 36.4 Å². The molecule has 3 N–H and O–H groups in total. The lowest BCUT2D eigenvalue weighted by Gasteiger charge is -2.13. The minimum atomic E-state index is -4.20. The standard InChI is InChI=1S/C21H15Cl2N3O4S/c22-15-7-13(12-24)8-17(10-15)30-19-6-5-16(11-20(19)31(25,28)29)26-21(27)9-14-3-1-2-4-18(14)23/h1-8,10-11H,9H2,(H,26,27)(H2,25,28,29). The first-order valence-corrected chi connectivity index (χ1v) is 11.0. The van der Waals surface area contributed by atoms with Crippen LogP contribution in [0.4, 0.5) is 5.69 Å². The van der Waals surface area contributed by atoms with E-state index in [4.69, 9.17) is 38.3 Å². The second kappa shape index (κ2) is 9.37. The zero-order chi connectivity index (χ0) is 22.6. The van der Waals surface area contributed by atoms with Gasteiger partial charge >= 0.3 is 0 Å². The van der Waals surface area contributed by atoms with E-state index in [2.05, 4.69) is 5.32 Å². The highest BCUT2D eigenvalue weighted by molar-refractivity contribution is 7.89. The molecule has 0 aliphatic heterocycles. The highest BCUT2D eigenvalue weighted by Gasteiger charge is 2.18. The molecule has 0 spiro atoms. The Kier molecular flexibility index (Phi) is 6.83. The number of nitrogens with one attached hydrogen (secondary N) is 1. The molecule has 1 amide bonds. The summed E-state index contributed by atoms with van der Waals surface area (Å²) in [6.07, 6.45) is 0.00207. The van der Waals surface area contributed by atoms with E-state index in [9.17, 15) is 13.2 Å². The Morgan fingerprint density at radius 3 is 2.52 bits per heavy atom. The maximum Gasteiger partial charge on any atom is 0.241 e. The largest absolute Gasteiger partial charge is 0.456 e. The normalized spacial score (nSPS) is 10.9. The van der Waals surface area contributed by atoms with E-state index < -0.39 is 15.9 Å². The lowest BCUT2D eigenvalue weighted by atomic mass is 10.1. The van der Waals surface area contributed by atoms with Crippen molar-refractivity contribution in [3.8, 4) is 17.6 Å². The Morgan fingerprint density at radius 2 is 1.84 bits per heavy atom. The van der Waals surface area contributed by atoms with Crippen molar-refractivity contribution in [1.29, 1.82) is 5.26 Å². The highest BCUT2D eigenvalue weighted by Crippen LogP contribution is 2.32. The predicted molar refractivity (Wildman–Crippen MR) is 118 cm³/mol. The number of carbonyl (C=O) groups excluding carboxylic acids is 1. The Balaban J connectivity index is 1.87. The molecule has 0 saturated carbocycles. The van der Waals surface area contributed by atoms with Crippen molar-refractivity contribution in [2.45, 2.75) is 11.3 Å². The fourth-order valence-electron chi connectivity index (χ4n) is 2.73. The highest BCUT2D eigenvalue weighted by atomic mass is 35.5. The molecule has 158 valence electrons. The molecule has 0 atom stereocenters. The molecule has 10 heteroatoms. The van der Waals surface area contributed by atoms with Crippen molar-refractivity contribution in [1.82, 2.24) is 0 Å². The number of amides is 1.